The summed E-state index contributed by atoms with van der Waals surface area (Å²) in [6.07, 6.45) is 0.992. The van der Waals surface area contributed by atoms with Gasteiger partial charge in [0.2, 0.25) is 5.75 Å². The van der Waals surface area contributed by atoms with E-state index in [4.69, 9.17) is 9.84 Å². The number of nitrogens with zero attached hydrogens (tertiary/aromatic N) is 1. The van der Waals surface area contributed by atoms with Crippen LogP contribution in [0, 0.1) is 0 Å². The zero-order valence-electron chi connectivity index (χ0n) is 9.70. The van der Waals surface area contributed by atoms with Crippen LogP contribution in [0.4, 0.5) is 0 Å². The van der Waals surface area contributed by atoms with Gasteiger partial charge in [0.15, 0.2) is 0 Å². The monoisotopic (exact) mass is 274 g/mol. The highest BCUT2D eigenvalue weighted by atomic mass is 32.2. The molecule has 1 aromatic heterocycles. The lowest BCUT2D eigenvalue weighted by atomic mass is 10.2. The summed E-state index contributed by atoms with van der Waals surface area (Å²) < 4.78 is 6.16. The number of thioether (sulfide) groups is 1. The third-order valence-corrected chi connectivity index (χ3v) is 4.40. The first-order chi connectivity index (χ1) is 8.56. The Hall–Kier alpha value is -1.25. The van der Waals surface area contributed by atoms with E-state index in [1.807, 2.05) is 0 Å². The van der Waals surface area contributed by atoms with Gasteiger partial charge in [-0.3, -0.25) is 14.3 Å². The Morgan fingerprint density at radius 2 is 2.33 bits per heavy atom. The van der Waals surface area contributed by atoms with Gasteiger partial charge in [-0.05, 0) is 0 Å². The van der Waals surface area contributed by atoms with Crippen LogP contribution in [-0.4, -0.2) is 44.8 Å². The smallest absolute Gasteiger partial charge is 0.329 e. The maximum Gasteiger partial charge on any atom is 0.329 e. The maximum absolute atomic E-state index is 11.7. The molecule has 1 fully saturated rings. The molecule has 7 nitrogen and oxygen atoms in total. The third kappa shape index (κ3) is 2.31. The quantitative estimate of drug-likeness (QED) is 0.646. The number of rotatable bonds is 3. The molecule has 3 atom stereocenters. The first-order valence-corrected chi connectivity index (χ1v) is 6.35. The molecule has 1 saturated heterocycles. The number of aliphatic hydroxyl groups excluding tert-OH is 2. The molecule has 0 saturated carbocycles. The molecule has 0 aliphatic carbocycles. The normalized spacial score (nSPS) is 27.4. The fraction of sp³-hybridized carbons (Fsp3) is 0.600. The van der Waals surface area contributed by atoms with Crippen LogP contribution in [0.15, 0.2) is 15.8 Å². The molecule has 8 heteroatoms. The van der Waals surface area contributed by atoms with Gasteiger partial charge >= 0.3 is 5.69 Å². The van der Waals surface area contributed by atoms with Gasteiger partial charge in [-0.25, -0.2) is 4.79 Å². The molecule has 0 bridgehead atoms. The van der Waals surface area contributed by atoms with Gasteiger partial charge in [-0.2, -0.15) is 0 Å². The molecule has 0 aromatic carbocycles. The van der Waals surface area contributed by atoms with Gasteiger partial charge in [0.05, 0.1) is 36.6 Å². The summed E-state index contributed by atoms with van der Waals surface area (Å²) in [5, 5.41) is 18.1. The van der Waals surface area contributed by atoms with Crippen molar-refractivity contribution in [3.05, 3.63) is 27.0 Å². The van der Waals surface area contributed by atoms with Crippen LogP contribution in [-0.2, 0) is 0 Å². The molecule has 100 valence electrons. The van der Waals surface area contributed by atoms with Crippen molar-refractivity contribution in [3.63, 3.8) is 0 Å². The minimum atomic E-state index is -0.671. The highest BCUT2D eigenvalue weighted by Gasteiger charge is 2.34. The molecule has 0 spiro atoms. The molecule has 3 N–H and O–H groups in total. The summed E-state index contributed by atoms with van der Waals surface area (Å²) >= 11 is 1.30. The third-order valence-electron chi connectivity index (χ3n) is 2.85. The van der Waals surface area contributed by atoms with Crippen molar-refractivity contribution in [1.29, 1.82) is 0 Å². The number of aromatic amines is 1. The molecule has 1 aliphatic heterocycles. The number of methoxy groups -OCH3 is 1. The lowest BCUT2D eigenvalue weighted by molar-refractivity contribution is 0.137. The Labute approximate surface area is 106 Å². The first kappa shape index (κ1) is 13.2. The van der Waals surface area contributed by atoms with E-state index >= 15 is 0 Å². The lowest BCUT2D eigenvalue weighted by Gasteiger charge is -2.13. The maximum atomic E-state index is 11.7. The highest BCUT2D eigenvalue weighted by Crippen LogP contribution is 2.40. The predicted molar refractivity (Wildman–Crippen MR) is 66.0 cm³/mol. The predicted octanol–water partition coefficient (Wildman–Crippen LogP) is -1.10. The SMILES string of the molecule is COc1cn(C2C[C@H](O)[C@@H](CO)S2)c(=O)[nH]c1=O. The molecular formula is C10H14N2O5S. The van der Waals surface area contributed by atoms with Crippen LogP contribution in [0.1, 0.15) is 11.8 Å². The summed E-state index contributed by atoms with van der Waals surface area (Å²) in [7, 11) is 1.34. The van der Waals surface area contributed by atoms with Crippen molar-refractivity contribution in [3.8, 4) is 5.75 Å². The van der Waals surface area contributed by atoms with Crippen LogP contribution >= 0.6 is 11.8 Å². The van der Waals surface area contributed by atoms with E-state index in [-0.39, 0.29) is 23.0 Å². The van der Waals surface area contributed by atoms with Crippen molar-refractivity contribution < 1.29 is 14.9 Å². The second kappa shape index (κ2) is 5.17. The van der Waals surface area contributed by atoms with E-state index in [2.05, 4.69) is 4.98 Å². The summed E-state index contributed by atoms with van der Waals surface area (Å²) in [6, 6.07) is 0. The largest absolute Gasteiger partial charge is 0.490 e. The van der Waals surface area contributed by atoms with Gasteiger partial charge in [0.25, 0.3) is 5.56 Å². The average Bonchev–Trinajstić information content (AvgIpc) is 2.70. The van der Waals surface area contributed by atoms with Crippen LogP contribution in [0.3, 0.4) is 0 Å². The molecule has 0 radical (unpaired) electrons. The van der Waals surface area contributed by atoms with Crippen LogP contribution in [0.2, 0.25) is 0 Å². The van der Waals surface area contributed by atoms with Crippen LogP contribution in [0.5, 0.6) is 5.75 Å². The topological polar surface area (TPSA) is 105 Å². The molecule has 1 aliphatic rings. The van der Waals surface area contributed by atoms with E-state index in [1.165, 1.54) is 29.6 Å². The van der Waals surface area contributed by atoms with E-state index in [0.29, 0.717) is 6.42 Å². The van der Waals surface area contributed by atoms with E-state index in [0.717, 1.165) is 0 Å². The van der Waals surface area contributed by atoms with Gasteiger partial charge in [0.1, 0.15) is 0 Å². The van der Waals surface area contributed by atoms with Gasteiger partial charge in [-0.1, -0.05) is 0 Å². The number of hydrogen-bond acceptors (Lipinski definition) is 6. The lowest BCUT2D eigenvalue weighted by Crippen LogP contribution is -2.31. The Kier molecular flexibility index (Phi) is 3.79. The van der Waals surface area contributed by atoms with Crippen molar-refractivity contribution in [2.24, 2.45) is 0 Å². The first-order valence-electron chi connectivity index (χ1n) is 5.40. The second-order valence-corrected chi connectivity index (χ2v) is 5.40. The molecule has 2 heterocycles. The van der Waals surface area contributed by atoms with Crippen molar-refractivity contribution in [1.82, 2.24) is 9.55 Å². The molecule has 1 aromatic rings. The average molecular weight is 274 g/mol. The second-order valence-electron chi connectivity index (χ2n) is 3.98. The Balaban J connectivity index is 2.35. The number of ether oxygens (including phenoxy) is 1. The minimum Gasteiger partial charge on any atom is -0.490 e. The van der Waals surface area contributed by atoms with Crippen molar-refractivity contribution >= 4 is 11.8 Å². The summed E-state index contributed by atoms with van der Waals surface area (Å²) in [4.78, 5) is 25.2. The standard InChI is InChI=1S/C10H14N2O5S/c1-17-6-3-12(10(16)11-9(6)15)8-2-5(14)7(4-13)18-8/h3,5,7-8,13-14H,2,4H2,1H3,(H,11,15,16)/t5-,7+,8?/m0/s1. The summed E-state index contributed by atoms with van der Waals surface area (Å²) in [5.41, 5.74) is -1.13. The number of nitrogens with one attached hydrogen (secondary N) is 1. The van der Waals surface area contributed by atoms with E-state index in [9.17, 15) is 14.7 Å². The summed E-state index contributed by atoms with van der Waals surface area (Å²) in [5.74, 6) is 0.0390. The van der Waals surface area contributed by atoms with Crippen molar-refractivity contribution in [2.75, 3.05) is 13.7 Å². The number of hydrogen-bond donors (Lipinski definition) is 3. The number of aromatic nitrogens is 2. The molecular weight excluding hydrogens is 260 g/mol. The number of H-pyrrole nitrogens is 1. The molecule has 2 rings (SSSR count). The van der Waals surface area contributed by atoms with E-state index in [1.54, 1.807) is 0 Å². The van der Waals surface area contributed by atoms with Crippen LogP contribution < -0.4 is 16.0 Å². The fourth-order valence-electron chi connectivity index (χ4n) is 1.88. The highest BCUT2D eigenvalue weighted by molar-refractivity contribution is 8.00. The Morgan fingerprint density at radius 3 is 2.89 bits per heavy atom. The Bertz CT molecular complexity index is 540. The van der Waals surface area contributed by atoms with Crippen molar-refractivity contribution in [2.45, 2.75) is 23.1 Å². The Morgan fingerprint density at radius 1 is 1.61 bits per heavy atom. The van der Waals surface area contributed by atoms with Gasteiger partial charge < -0.3 is 14.9 Å². The molecule has 0 amide bonds. The fourth-order valence-corrected chi connectivity index (χ4v) is 3.25. The molecule has 1 unspecified atom stereocenters. The number of aliphatic hydroxyl groups is 2. The van der Waals surface area contributed by atoms with Gasteiger partial charge in [0, 0.05) is 6.42 Å². The van der Waals surface area contributed by atoms with E-state index < -0.39 is 17.4 Å². The van der Waals surface area contributed by atoms with Crippen LogP contribution in [0.25, 0.3) is 0 Å². The molecule has 18 heavy (non-hydrogen) atoms. The zero-order chi connectivity index (χ0) is 13.3. The van der Waals surface area contributed by atoms with Gasteiger partial charge in [-0.15, -0.1) is 11.8 Å². The zero-order valence-corrected chi connectivity index (χ0v) is 10.5. The summed E-state index contributed by atoms with van der Waals surface area (Å²) in [6.45, 7) is -0.155. The minimum absolute atomic E-state index is 0.0390.